The summed E-state index contributed by atoms with van der Waals surface area (Å²) < 4.78 is 20.4. The van der Waals surface area contributed by atoms with Crippen molar-refractivity contribution in [3.8, 4) is 0 Å². The largest absolute Gasteiger partial charge is 0.461 e. The highest BCUT2D eigenvalue weighted by Gasteiger charge is 2.41. The number of imidazole rings is 1. The first kappa shape index (κ1) is 20.1. The van der Waals surface area contributed by atoms with E-state index in [0.717, 1.165) is 22.5 Å². The number of rotatable bonds is 4. The second-order valence-corrected chi connectivity index (χ2v) is 8.22. The molecule has 0 saturated heterocycles. The van der Waals surface area contributed by atoms with Crippen LogP contribution in [-0.2, 0) is 21.4 Å². The zero-order chi connectivity index (χ0) is 21.6. The van der Waals surface area contributed by atoms with Gasteiger partial charge in [-0.25, -0.2) is 14.2 Å². The van der Waals surface area contributed by atoms with E-state index in [4.69, 9.17) is 4.74 Å². The van der Waals surface area contributed by atoms with Crippen molar-refractivity contribution in [1.82, 2.24) is 9.38 Å². The van der Waals surface area contributed by atoms with Gasteiger partial charge in [-0.15, -0.1) is 0 Å². The number of pyridine rings is 1. The number of nitrogens with zero attached hydrogens (tertiary/aromatic N) is 3. The third kappa shape index (κ3) is 3.24. The number of anilines is 1. The maximum Gasteiger partial charge on any atom is 0.356 e. The third-order valence-corrected chi connectivity index (χ3v) is 5.48. The van der Waals surface area contributed by atoms with Gasteiger partial charge in [-0.05, 0) is 30.7 Å². The van der Waals surface area contributed by atoms with Gasteiger partial charge in [0, 0.05) is 30.9 Å². The lowest BCUT2D eigenvalue weighted by molar-refractivity contribution is -0.116. The van der Waals surface area contributed by atoms with Crippen LogP contribution in [0.3, 0.4) is 0 Å². The molecule has 0 saturated carbocycles. The Balaban J connectivity index is 1.97. The molecule has 1 aliphatic heterocycles. The number of hydrogen-bond donors (Lipinski definition) is 0. The fraction of sp³-hybridized carbons (Fsp3) is 0.348. The third-order valence-electron chi connectivity index (χ3n) is 5.48. The molecule has 0 fully saturated rings. The minimum Gasteiger partial charge on any atom is -0.461 e. The molecular formula is C23H24FN3O3. The zero-order valence-corrected chi connectivity index (χ0v) is 17.5. The number of fused-ring (bicyclic) bond motifs is 3. The van der Waals surface area contributed by atoms with Crippen LogP contribution in [0.1, 0.15) is 55.0 Å². The van der Waals surface area contributed by atoms with Gasteiger partial charge in [-0.3, -0.25) is 9.20 Å². The van der Waals surface area contributed by atoms with Crippen LogP contribution in [0, 0.1) is 5.82 Å². The van der Waals surface area contributed by atoms with Crippen molar-refractivity contribution in [2.24, 2.45) is 0 Å². The Morgan fingerprint density at radius 3 is 2.57 bits per heavy atom. The Kier molecular flexibility index (Phi) is 4.84. The molecule has 0 N–H and O–H groups in total. The first-order valence-corrected chi connectivity index (χ1v) is 9.96. The maximum atomic E-state index is 13.3. The molecule has 3 aromatic rings. The lowest BCUT2D eigenvalue weighted by Crippen LogP contribution is -2.32. The number of ether oxygens (including phenoxy) is 1. The van der Waals surface area contributed by atoms with Crippen molar-refractivity contribution >= 4 is 23.2 Å². The molecule has 0 bridgehead atoms. The Labute approximate surface area is 174 Å². The molecule has 1 amide bonds. The van der Waals surface area contributed by atoms with Crippen molar-refractivity contribution in [2.75, 3.05) is 18.1 Å². The van der Waals surface area contributed by atoms with Gasteiger partial charge in [0.15, 0.2) is 5.69 Å². The smallest absolute Gasteiger partial charge is 0.356 e. The predicted octanol–water partition coefficient (Wildman–Crippen LogP) is 3.89. The first-order chi connectivity index (χ1) is 14.2. The van der Waals surface area contributed by atoms with Crippen molar-refractivity contribution < 1.29 is 18.7 Å². The summed E-state index contributed by atoms with van der Waals surface area (Å²) in [6.07, 6.45) is 2.01. The van der Waals surface area contributed by atoms with Crippen LogP contribution in [-0.4, -0.2) is 34.4 Å². The molecule has 0 aliphatic carbocycles. The highest BCUT2D eigenvalue weighted by Crippen LogP contribution is 2.42. The van der Waals surface area contributed by atoms with E-state index in [1.54, 1.807) is 24.0 Å². The number of carbonyl (C=O) groups is 2. The summed E-state index contributed by atoms with van der Waals surface area (Å²) in [5.41, 5.74) is 3.97. The van der Waals surface area contributed by atoms with Crippen LogP contribution in [0.25, 0.3) is 5.65 Å². The molecule has 1 aromatic carbocycles. The summed E-state index contributed by atoms with van der Waals surface area (Å²) in [4.78, 5) is 31.3. The van der Waals surface area contributed by atoms with Crippen LogP contribution in [0.5, 0.6) is 0 Å². The van der Waals surface area contributed by atoms with Gasteiger partial charge in [0.2, 0.25) is 5.91 Å². The Bertz CT molecular complexity index is 1150. The highest BCUT2D eigenvalue weighted by atomic mass is 19.1. The van der Waals surface area contributed by atoms with E-state index in [-0.39, 0.29) is 23.7 Å². The molecule has 30 heavy (non-hydrogen) atoms. The standard InChI is InChI=1S/C23H24FN3O3/c1-5-30-22(29)19-12-25-21-16(10-15-6-8-17(24)9-7-15)11-18-20(27(19)21)23(3,4)13-26(18)14(2)28/h6-9,11-12H,5,10,13H2,1-4H3. The number of aromatic nitrogens is 2. The minimum atomic E-state index is -0.455. The summed E-state index contributed by atoms with van der Waals surface area (Å²) in [5.74, 6) is -0.817. The average molecular weight is 409 g/mol. The summed E-state index contributed by atoms with van der Waals surface area (Å²) >= 11 is 0. The van der Waals surface area contributed by atoms with E-state index in [1.165, 1.54) is 25.3 Å². The van der Waals surface area contributed by atoms with E-state index in [9.17, 15) is 14.0 Å². The van der Waals surface area contributed by atoms with E-state index in [2.05, 4.69) is 4.98 Å². The van der Waals surface area contributed by atoms with Gasteiger partial charge < -0.3 is 9.64 Å². The summed E-state index contributed by atoms with van der Waals surface area (Å²) in [5, 5.41) is 0. The van der Waals surface area contributed by atoms with Crippen molar-refractivity contribution in [1.29, 1.82) is 0 Å². The van der Waals surface area contributed by atoms with Crippen molar-refractivity contribution in [3.05, 3.63) is 64.9 Å². The number of amides is 1. The molecule has 3 heterocycles. The number of halogens is 1. The van der Waals surface area contributed by atoms with Crippen LogP contribution < -0.4 is 4.90 Å². The molecule has 4 rings (SSSR count). The Hall–Kier alpha value is -3.22. The van der Waals surface area contributed by atoms with Crippen molar-refractivity contribution in [2.45, 2.75) is 39.5 Å². The normalized spacial score (nSPS) is 14.8. The average Bonchev–Trinajstić information content (AvgIpc) is 3.23. The van der Waals surface area contributed by atoms with Gasteiger partial charge in [0.05, 0.1) is 24.2 Å². The fourth-order valence-corrected chi connectivity index (χ4v) is 4.21. The number of esters is 1. The molecule has 0 unspecified atom stereocenters. The van der Waals surface area contributed by atoms with Crippen LogP contribution in [0.2, 0.25) is 0 Å². The highest BCUT2D eigenvalue weighted by molar-refractivity contribution is 5.96. The lowest BCUT2D eigenvalue weighted by atomic mass is 9.90. The van der Waals surface area contributed by atoms with Crippen LogP contribution in [0.4, 0.5) is 10.1 Å². The van der Waals surface area contributed by atoms with E-state index in [1.807, 2.05) is 24.3 Å². The van der Waals surface area contributed by atoms with Crippen LogP contribution >= 0.6 is 0 Å². The Morgan fingerprint density at radius 2 is 1.93 bits per heavy atom. The predicted molar refractivity (Wildman–Crippen MR) is 111 cm³/mol. The summed E-state index contributed by atoms with van der Waals surface area (Å²) in [7, 11) is 0. The molecular weight excluding hydrogens is 385 g/mol. The van der Waals surface area contributed by atoms with Crippen LogP contribution in [0.15, 0.2) is 36.5 Å². The minimum absolute atomic E-state index is 0.0632. The zero-order valence-electron chi connectivity index (χ0n) is 17.5. The number of carbonyl (C=O) groups excluding carboxylic acids is 2. The van der Waals surface area contributed by atoms with E-state index in [0.29, 0.717) is 24.3 Å². The molecule has 7 heteroatoms. The molecule has 2 aromatic heterocycles. The topological polar surface area (TPSA) is 63.9 Å². The molecule has 6 nitrogen and oxygen atoms in total. The number of hydrogen-bond acceptors (Lipinski definition) is 4. The molecule has 0 spiro atoms. The molecule has 156 valence electrons. The fourth-order valence-electron chi connectivity index (χ4n) is 4.21. The van der Waals surface area contributed by atoms with Crippen molar-refractivity contribution in [3.63, 3.8) is 0 Å². The molecule has 0 atom stereocenters. The van der Waals surface area contributed by atoms with Gasteiger partial charge in [0.1, 0.15) is 11.5 Å². The van der Waals surface area contributed by atoms with Gasteiger partial charge >= 0.3 is 5.97 Å². The maximum absolute atomic E-state index is 13.3. The van der Waals surface area contributed by atoms with E-state index >= 15 is 0 Å². The van der Waals surface area contributed by atoms with Gasteiger partial charge in [0.25, 0.3) is 0 Å². The summed E-state index contributed by atoms with van der Waals surface area (Å²) in [6.45, 7) is 8.15. The van der Waals surface area contributed by atoms with E-state index < -0.39 is 5.97 Å². The summed E-state index contributed by atoms with van der Waals surface area (Å²) in [6, 6.07) is 8.25. The second-order valence-electron chi connectivity index (χ2n) is 8.22. The molecule has 1 aliphatic rings. The number of benzene rings is 1. The lowest BCUT2D eigenvalue weighted by Gasteiger charge is -2.20. The van der Waals surface area contributed by atoms with Gasteiger partial charge in [-0.2, -0.15) is 0 Å². The monoisotopic (exact) mass is 409 g/mol. The second kappa shape index (κ2) is 7.23. The molecule has 0 radical (unpaired) electrons. The van der Waals surface area contributed by atoms with Gasteiger partial charge in [-0.1, -0.05) is 26.0 Å². The quantitative estimate of drug-likeness (QED) is 0.614. The Morgan fingerprint density at radius 1 is 1.23 bits per heavy atom. The SMILES string of the molecule is CCOC(=O)c1cnc2c(Cc3ccc(F)cc3)cc3c(n12)C(C)(C)CN3C(C)=O. The first-order valence-electron chi connectivity index (χ1n) is 9.96.